The molecule has 1 fully saturated rings. The van der Waals surface area contributed by atoms with Crippen LogP contribution in [0.3, 0.4) is 0 Å². The van der Waals surface area contributed by atoms with Crippen LogP contribution < -0.4 is 5.73 Å². The number of unbranched alkanes of at least 4 members (excludes halogenated alkanes) is 4. The van der Waals surface area contributed by atoms with Crippen molar-refractivity contribution in [1.29, 1.82) is 0 Å². The molecule has 0 bridgehead atoms. The molecule has 2 aromatic rings. The van der Waals surface area contributed by atoms with E-state index in [4.69, 9.17) is 10.5 Å². The average Bonchev–Trinajstić information content (AvgIpc) is 3.25. The number of nitrogen functional groups attached to an aromatic ring is 1. The Kier molecular flexibility index (Phi) is 6.52. The summed E-state index contributed by atoms with van der Waals surface area (Å²) in [7, 11) is 0. The molecule has 162 valence electrons. The van der Waals surface area contributed by atoms with Gasteiger partial charge in [0.25, 0.3) is 0 Å². The summed E-state index contributed by atoms with van der Waals surface area (Å²) < 4.78 is 6.63. The lowest BCUT2D eigenvalue weighted by Crippen LogP contribution is -2.52. The van der Waals surface area contributed by atoms with Crippen molar-refractivity contribution in [3.05, 3.63) is 12.2 Å². The summed E-state index contributed by atoms with van der Waals surface area (Å²) in [5.74, 6) is 4.45. The molecule has 2 unspecified atom stereocenters. The summed E-state index contributed by atoms with van der Waals surface area (Å²) in [6.45, 7) is 1.10. The highest BCUT2D eigenvalue weighted by molar-refractivity contribution is 5.82. The van der Waals surface area contributed by atoms with Crippen molar-refractivity contribution >= 4 is 23.0 Å². The topological polar surface area (TPSA) is 177 Å². The van der Waals surface area contributed by atoms with Gasteiger partial charge in [0, 0.05) is 6.42 Å². The number of aliphatic carboxylic acids is 1. The number of fused-ring (bicyclic) bond motifs is 1. The van der Waals surface area contributed by atoms with Crippen molar-refractivity contribution < 1.29 is 30.0 Å². The molecule has 0 spiro atoms. The average molecular weight is 419 g/mol. The first kappa shape index (κ1) is 21.9. The zero-order valence-corrected chi connectivity index (χ0v) is 16.5. The third-order valence-corrected chi connectivity index (χ3v) is 5.10. The van der Waals surface area contributed by atoms with E-state index in [1.165, 1.54) is 10.9 Å². The molecule has 0 amide bonds. The van der Waals surface area contributed by atoms with Crippen LogP contribution in [0.15, 0.2) is 6.33 Å². The number of carboxylic acid groups (broad SMARTS) is 1. The Morgan fingerprint density at radius 2 is 2.10 bits per heavy atom. The first-order chi connectivity index (χ1) is 14.4. The van der Waals surface area contributed by atoms with Gasteiger partial charge in [-0.1, -0.05) is 32.1 Å². The number of ether oxygens (including phenoxy) is 1. The monoisotopic (exact) mass is 419 g/mol. The van der Waals surface area contributed by atoms with Crippen molar-refractivity contribution in [2.75, 3.05) is 12.3 Å². The van der Waals surface area contributed by atoms with Gasteiger partial charge in [-0.15, -0.1) is 0 Å². The number of rotatable bonds is 7. The van der Waals surface area contributed by atoms with Crippen LogP contribution in [-0.4, -0.2) is 70.3 Å². The maximum absolute atomic E-state index is 11.6. The molecule has 4 atom stereocenters. The molecule has 30 heavy (non-hydrogen) atoms. The molecule has 2 aromatic heterocycles. The van der Waals surface area contributed by atoms with Gasteiger partial charge in [0.15, 0.2) is 17.7 Å². The molecule has 3 heterocycles. The molecular weight excluding hydrogens is 394 g/mol. The maximum atomic E-state index is 11.6. The van der Waals surface area contributed by atoms with Crippen LogP contribution >= 0.6 is 0 Å². The van der Waals surface area contributed by atoms with Crippen LogP contribution in [-0.2, 0) is 9.53 Å². The highest BCUT2D eigenvalue weighted by atomic mass is 16.6. The summed E-state index contributed by atoms with van der Waals surface area (Å²) in [6, 6.07) is 0. The number of anilines is 1. The van der Waals surface area contributed by atoms with Crippen molar-refractivity contribution in [3.63, 3.8) is 0 Å². The number of nitrogens with two attached hydrogens (primary N) is 1. The Morgan fingerprint density at radius 1 is 1.33 bits per heavy atom. The Labute approximate surface area is 172 Å². The van der Waals surface area contributed by atoms with Gasteiger partial charge >= 0.3 is 5.97 Å². The predicted octanol–water partition coefficient (Wildman–Crippen LogP) is -0.203. The molecule has 0 saturated carbocycles. The number of hydrogen-bond acceptors (Lipinski definition) is 9. The number of nitrogens with zero attached hydrogens (tertiary/aromatic N) is 4. The van der Waals surface area contributed by atoms with Gasteiger partial charge in [-0.25, -0.2) is 19.7 Å². The highest BCUT2D eigenvalue weighted by Crippen LogP contribution is 2.38. The van der Waals surface area contributed by atoms with E-state index in [0.717, 1.165) is 25.7 Å². The minimum atomic E-state index is -2.37. The molecule has 11 heteroatoms. The molecule has 11 nitrogen and oxygen atoms in total. The fourth-order valence-electron chi connectivity index (χ4n) is 3.35. The van der Waals surface area contributed by atoms with E-state index in [-0.39, 0.29) is 22.8 Å². The standard InChI is InChI=1S/C19H25N5O6/c1-2-3-4-5-6-7-8-11-22-15(20)12-16(23-11)24(10-21-12)17-13(26)14(27)19(9-25,30-17)18(28)29/h10,13-14,17,25-27H,2-6,9H2,1H3,(H,28,29)(H2,20,22,23)/t13?,14?,17-,19-/m1/s1. The largest absolute Gasteiger partial charge is 0.479 e. The molecule has 3 rings (SSSR count). The third-order valence-electron chi connectivity index (χ3n) is 5.10. The van der Waals surface area contributed by atoms with Crippen LogP contribution in [0, 0.1) is 11.8 Å². The van der Waals surface area contributed by atoms with Crippen molar-refractivity contribution in [2.45, 2.75) is 63.1 Å². The Morgan fingerprint density at radius 3 is 2.73 bits per heavy atom. The van der Waals surface area contributed by atoms with E-state index < -0.39 is 36.6 Å². The van der Waals surface area contributed by atoms with E-state index in [2.05, 4.69) is 33.7 Å². The van der Waals surface area contributed by atoms with Crippen molar-refractivity contribution in [3.8, 4) is 11.8 Å². The summed E-state index contributed by atoms with van der Waals surface area (Å²) in [4.78, 5) is 24.1. The van der Waals surface area contributed by atoms with Gasteiger partial charge in [0.2, 0.25) is 11.4 Å². The zero-order valence-electron chi connectivity index (χ0n) is 16.5. The summed E-state index contributed by atoms with van der Waals surface area (Å²) in [5, 5.41) is 39.5. The van der Waals surface area contributed by atoms with E-state index in [9.17, 15) is 25.2 Å². The van der Waals surface area contributed by atoms with Crippen LogP contribution in [0.1, 0.15) is 51.1 Å². The molecule has 0 radical (unpaired) electrons. The Balaban J connectivity index is 1.91. The van der Waals surface area contributed by atoms with Crippen LogP contribution in [0.4, 0.5) is 5.82 Å². The van der Waals surface area contributed by atoms with Gasteiger partial charge in [-0.2, -0.15) is 0 Å². The van der Waals surface area contributed by atoms with Crippen molar-refractivity contribution in [2.24, 2.45) is 0 Å². The van der Waals surface area contributed by atoms with E-state index >= 15 is 0 Å². The second-order valence-corrected chi connectivity index (χ2v) is 7.17. The van der Waals surface area contributed by atoms with Crippen LogP contribution in [0.25, 0.3) is 11.2 Å². The lowest BCUT2D eigenvalue weighted by atomic mass is 9.96. The SMILES string of the molecule is CCCCCCC#Cc1nc(N)c2ncn([C@@H]3O[C@@](CO)(C(=O)O)C(O)C3O)c2n1. The number of aliphatic hydroxyl groups excluding tert-OH is 3. The number of aliphatic hydroxyl groups is 3. The van der Waals surface area contributed by atoms with E-state index in [1.807, 2.05) is 0 Å². The number of hydrogen-bond donors (Lipinski definition) is 5. The lowest BCUT2D eigenvalue weighted by Gasteiger charge is -2.24. The van der Waals surface area contributed by atoms with E-state index in [0.29, 0.717) is 6.42 Å². The number of carboxylic acids is 1. The summed E-state index contributed by atoms with van der Waals surface area (Å²) in [5.41, 5.74) is 3.95. The smallest absolute Gasteiger partial charge is 0.341 e. The first-order valence-corrected chi connectivity index (χ1v) is 9.72. The molecule has 1 saturated heterocycles. The summed E-state index contributed by atoms with van der Waals surface area (Å²) >= 11 is 0. The molecule has 0 aromatic carbocycles. The van der Waals surface area contributed by atoms with Crippen LogP contribution in [0.5, 0.6) is 0 Å². The minimum Gasteiger partial charge on any atom is -0.479 e. The fraction of sp³-hybridized carbons (Fsp3) is 0.579. The van der Waals surface area contributed by atoms with Gasteiger partial charge in [0.05, 0.1) is 12.9 Å². The third kappa shape index (κ3) is 3.82. The van der Waals surface area contributed by atoms with Crippen LogP contribution in [0.2, 0.25) is 0 Å². The molecule has 0 aliphatic carbocycles. The fourth-order valence-corrected chi connectivity index (χ4v) is 3.35. The normalized spacial score (nSPS) is 25.9. The second-order valence-electron chi connectivity index (χ2n) is 7.17. The minimum absolute atomic E-state index is 0.0636. The van der Waals surface area contributed by atoms with E-state index in [1.54, 1.807) is 0 Å². The zero-order chi connectivity index (χ0) is 21.9. The van der Waals surface area contributed by atoms with Gasteiger partial charge < -0.3 is 30.9 Å². The first-order valence-electron chi connectivity index (χ1n) is 9.72. The Hall–Kier alpha value is -2.78. The molecule has 1 aliphatic heterocycles. The molecule has 6 N–H and O–H groups in total. The van der Waals surface area contributed by atoms with Gasteiger partial charge in [0.1, 0.15) is 17.7 Å². The maximum Gasteiger partial charge on any atom is 0.341 e. The van der Waals surface area contributed by atoms with Crippen molar-refractivity contribution in [1.82, 2.24) is 19.5 Å². The molecular formula is C19H25N5O6. The van der Waals surface area contributed by atoms with Gasteiger partial charge in [-0.3, -0.25) is 4.57 Å². The Bertz CT molecular complexity index is 983. The number of carbonyl (C=O) groups is 1. The second kappa shape index (κ2) is 8.93. The lowest BCUT2D eigenvalue weighted by molar-refractivity contribution is -0.183. The summed E-state index contributed by atoms with van der Waals surface area (Å²) in [6.07, 6.45) is 1.39. The molecule has 1 aliphatic rings. The number of imidazole rings is 1. The van der Waals surface area contributed by atoms with Gasteiger partial charge in [-0.05, 0) is 12.3 Å². The highest BCUT2D eigenvalue weighted by Gasteiger charge is 2.60. The number of aromatic nitrogens is 4. The quantitative estimate of drug-likeness (QED) is 0.298. The predicted molar refractivity (Wildman–Crippen MR) is 105 cm³/mol.